The number of fused-ring (bicyclic) bond motifs is 1. The third kappa shape index (κ3) is 1.66. The van der Waals surface area contributed by atoms with E-state index in [1.165, 1.54) is 6.07 Å². The van der Waals surface area contributed by atoms with Crippen molar-refractivity contribution in [1.82, 2.24) is 0 Å². The summed E-state index contributed by atoms with van der Waals surface area (Å²) in [7, 11) is 0. The Morgan fingerprint density at radius 3 is 2.53 bits per heavy atom. The fraction of sp³-hybridized carbons (Fsp3) is 0.0833. The van der Waals surface area contributed by atoms with Crippen LogP contribution in [0.5, 0.6) is 0 Å². The van der Waals surface area contributed by atoms with Gasteiger partial charge in [0, 0.05) is 5.56 Å². The Labute approximate surface area is 85.6 Å². The highest BCUT2D eigenvalue weighted by Gasteiger charge is 2.12. The summed E-state index contributed by atoms with van der Waals surface area (Å²) < 4.78 is 25.4. The Morgan fingerprint density at radius 1 is 1.13 bits per heavy atom. The van der Waals surface area contributed by atoms with Gasteiger partial charge >= 0.3 is 0 Å². The smallest absolute Gasteiger partial charge is 0.205 e. The number of nitrogens with zero attached hydrogens (tertiary/aromatic N) is 1. The van der Waals surface area contributed by atoms with Gasteiger partial charge in [-0.25, -0.2) is 8.78 Å². The van der Waals surface area contributed by atoms with Crippen LogP contribution in [0.25, 0.3) is 10.8 Å². The van der Waals surface area contributed by atoms with Gasteiger partial charge < -0.3 is 0 Å². The van der Waals surface area contributed by atoms with Crippen molar-refractivity contribution in [2.75, 3.05) is 0 Å². The SMILES string of the molecule is N#Cc1cc(C(F)F)c2ccccc2c1. The number of hydrogen-bond donors (Lipinski definition) is 0. The molecule has 74 valence electrons. The maximum absolute atomic E-state index is 12.7. The molecule has 1 nitrogen and oxygen atoms in total. The van der Waals surface area contributed by atoms with Gasteiger partial charge in [-0.2, -0.15) is 5.26 Å². The van der Waals surface area contributed by atoms with E-state index in [1.807, 2.05) is 6.07 Å². The third-order valence-corrected chi connectivity index (χ3v) is 2.26. The Morgan fingerprint density at radius 2 is 1.87 bits per heavy atom. The molecule has 2 aromatic rings. The largest absolute Gasteiger partial charge is 0.264 e. The summed E-state index contributed by atoms with van der Waals surface area (Å²) in [6, 6.07) is 11.6. The minimum atomic E-state index is -2.55. The molecule has 0 bridgehead atoms. The van der Waals surface area contributed by atoms with E-state index in [0.717, 1.165) is 0 Å². The highest BCUT2D eigenvalue weighted by Crippen LogP contribution is 2.28. The molecule has 2 aromatic carbocycles. The summed E-state index contributed by atoms with van der Waals surface area (Å²) in [6.07, 6.45) is -2.55. The van der Waals surface area contributed by atoms with Crippen molar-refractivity contribution in [2.45, 2.75) is 6.43 Å². The molecule has 0 aliphatic rings. The van der Waals surface area contributed by atoms with Crippen LogP contribution in [-0.4, -0.2) is 0 Å². The van der Waals surface area contributed by atoms with E-state index < -0.39 is 6.43 Å². The number of rotatable bonds is 1. The molecule has 0 saturated heterocycles. The van der Waals surface area contributed by atoms with Crippen LogP contribution in [0.1, 0.15) is 17.6 Å². The van der Waals surface area contributed by atoms with Gasteiger partial charge in [-0.1, -0.05) is 24.3 Å². The molecule has 0 saturated carbocycles. The summed E-state index contributed by atoms with van der Waals surface area (Å²) in [5.41, 5.74) is 0.189. The van der Waals surface area contributed by atoms with Crippen LogP contribution in [-0.2, 0) is 0 Å². The molecule has 0 unspecified atom stereocenters. The lowest BCUT2D eigenvalue weighted by atomic mass is 10.0. The number of nitriles is 1. The molecule has 0 aliphatic carbocycles. The van der Waals surface area contributed by atoms with Crippen LogP contribution >= 0.6 is 0 Å². The second kappa shape index (κ2) is 3.66. The lowest BCUT2D eigenvalue weighted by Gasteiger charge is -2.05. The molecule has 0 amide bonds. The molecular weight excluding hydrogens is 196 g/mol. The van der Waals surface area contributed by atoms with Crippen molar-refractivity contribution >= 4 is 10.8 Å². The Hall–Kier alpha value is -1.95. The van der Waals surface area contributed by atoms with Crippen molar-refractivity contribution in [3.8, 4) is 6.07 Å². The fourth-order valence-corrected chi connectivity index (χ4v) is 1.59. The van der Waals surface area contributed by atoms with Gasteiger partial charge in [0.1, 0.15) is 0 Å². The first kappa shape index (κ1) is 9.60. The van der Waals surface area contributed by atoms with Crippen molar-refractivity contribution in [3.05, 3.63) is 47.5 Å². The lowest BCUT2D eigenvalue weighted by Crippen LogP contribution is -1.89. The molecule has 0 N–H and O–H groups in total. The van der Waals surface area contributed by atoms with Crippen LogP contribution < -0.4 is 0 Å². The number of benzene rings is 2. The first-order valence-electron chi connectivity index (χ1n) is 4.43. The molecule has 0 atom stereocenters. The summed E-state index contributed by atoms with van der Waals surface area (Å²) in [5, 5.41) is 9.89. The molecule has 0 aliphatic heterocycles. The van der Waals surface area contributed by atoms with E-state index in [4.69, 9.17) is 5.26 Å². The van der Waals surface area contributed by atoms with E-state index in [1.54, 1.807) is 30.3 Å². The van der Waals surface area contributed by atoms with Crippen molar-refractivity contribution in [2.24, 2.45) is 0 Å². The molecule has 15 heavy (non-hydrogen) atoms. The highest BCUT2D eigenvalue weighted by atomic mass is 19.3. The van der Waals surface area contributed by atoms with Crippen LogP contribution in [0.2, 0.25) is 0 Å². The van der Waals surface area contributed by atoms with E-state index in [-0.39, 0.29) is 11.1 Å². The van der Waals surface area contributed by atoms with Crippen LogP contribution in [0.15, 0.2) is 36.4 Å². The van der Waals surface area contributed by atoms with Crippen molar-refractivity contribution in [3.63, 3.8) is 0 Å². The second-order valence-corrected chi connectivity index (χ2v) is 3.20. The average molecular weight is 203 g/mol. The molecule has 3 heteroatoms. The fourth-order valence-electron chi connectivity index (χ4n) is 1.59. The molecule has 0 radical (unpaired) electrons. The molecule has 0 spiro atoms. The monoisotopic (exact) mass is 203 g/mol. The minimum Gasteiger partial charge on any atom is -0.205 e. The zero-order valence-electron chi connectivity index (χ0n) is 7.74. The maximum atomic E-state index is 12.7. The third-order valence-electron chi connectivity index (χ3n) is 2.26. The number of halogens is 2. The van der Waals surface area contributed by atoms with Gasteiger partial charge in [0.25, 0.3) is 6.43 Å². The van der Waals surface area contributed by atoms with E-state index in [0.29, 0.717) is 10.8 Å². The van der Waals surface area contributed by atoms with Gasteiger partial charge in [0.15, 0.2) is 0 Å². The Balaban J connectivity index is 2.82. The summed E-state index contributed by atoms with van der Waals surface area (Å²) in [4.78, 5) is 0. The maximum Gasteiger partial charge on any atom is 0.264 e. The zero-order chi connectivity index (χ0) is 10.8. The molecule has 2 rings (SSSR count). The Kier molecular flexibility index (Phi) is 2.34. The number of hydrogen-bond acceptors (Lipinski definition) is 1. The summed E-state index contributed by atoms with van der Waals surface area (Å²) in [5.74, 6) is 0. The first-order valence-corrected chi connectivity index (χ1v) is 4.43. The van der Waals surface area contributed by atoms with Crippen LogP contribution in [0.3, 0.4) is 0 Å². The topological polar surface area (TPSA) is 23.8 Å². The van der Waals surface area contributed by atoms with Gasteiger partial charge in [0.2, 0.25) is 0 Å². The minimum absolute atomic E-state index is 0.0790. The van der Waals surface area contributed by atoms with E-state index >= 15 is 0 Å². The van der Waals surface area contributed by atoms with Gasteiger partial charge in [-0.15, -0.1) is 0 Å². The zero-order valence-corrected chi connectivity index (χ0v) is 7.74. The molecule has 0 heterocycles. The Bertz CT molecular complexity index is 541. The predicted molar refractivity (Wildman–Crippen MR) is 53.6 cm³/mol. The summed E-state index contributed by atoms with van der Waals surface area (Å²) >= 11 is 0. The number of alkyl halides is 2. The molecular formula is C12H7F2N. The first-order chi connectivity index (χ1) is 7.22. The quantitative estimate of drug-likeness (QED) is 0.694. The van der Waals surface area contributed by atoms with Gasteiger partial charge in [-0.05, 0) is 22.9 Å². The second-order valence-electron chi connectivity index (χ2n) is 3.20. The van der Waals surface area contributed by atoms with Crippen molar-refractivity contribution < 1.29 is 8.78 Å². The summed E-state index contributed by atoms with van der Waals surface area (Å²) in [6.45, 7) is 0. The van der Waals surface area contributed by atoms with Crippen LogP contribution in [0.4, 0.5) is 8.78 Å². The normalized spacial score (nSPS) is 10.5. The lowest BCUT2D eigenvalue weighted by molar-refractivity contribution is 0.153. The highest BCUT2D eigenvalue weighted by molar-refractivity contribution is 5.87. The van der Waals surface area contributed by atoms with E-state index in [2.05, 4.69) is 0 Å². The van der Waals surface area contributed by atoms with E-state index in [9.17, 15) is 8.78 Å². The van der Waals surface area contributed by atoms with Crippen molar-refractivity contribution in [1.29, 1.82) is 5.26 Å². The van der Waals surface area contributed by atoms with Gasteiger partial charge in [-0.3, -0.25) is 0 Å². The van der Waals surface area contributed by atoms with Crippen LogP contribution in [0, 0.1) is 11.3 Å². The van der Waals surface area contributed by atoms with Gasteiger partial charge in [0.05, 0.1) is 11.6 Å². The standard InChI is InChI=1S/C12H7F2N/c13-12(14)11-6-8(7-15)5-9-3-1-2-4-10(9)11/h1-6,12H. The predicted octanol–water partition coefficient (Wildman–Crippen LogP) is 3.65. The molecule has 0 aromatic heterocycles. The molecule has 0 fully saturated rings. The average Bonchev–Trinajstić information content (AvgIpc) is 2.27.